The fourth-order valence-electron chi connectivity index (χ4n) is 4.88. The largest absolute Gasteiger partial charge is 0.350 e. The molecule has 0 aromatic heterocycles. The smallest absolute Gasteiger partial charge is 0.264 e. The summed E-state index contributed by atoms with van der Waals surface area (Å²) in [6.45, 7) is 7.03. The predicted octanol–water partition coefficient (Wildman–Crippen LogP) is 7.16. The summed E-state index contributed by atoms with van der Waals surface area (Å²) in [4.78, 5) is 30.0. The molecule has 10 heteroatoms. The quantitative estimate of drug-likeness (QED) is 0.179. The standard InChI is InChI=1S/C35H37BrClN3O4S/c1-25-10-8-15-30(20-25)40(45(43,44)31-18-16-29(37)17-19-31)24-33(41)39(23-27-13-9-14-28(36)21-27)32(34(42)38-35(2,3)4)22-26-11-6-5-7-12-26/h5-21,32H,22-24H2,1-4H3,(H,38,42)/t32-/m1/s1. The lowest BCUT2D eigenvalue weighted by atomic mass is 10.0. The molecule has 0 bridgehead atoms. The highest BCUT2D eigenvalue weighted by Gasteiger charge is 2.35. The zero-order valence-electron chi connectivity index (χ0n) is 25.7. The lowest BCUT2D eigenvalue weighted by Crippen LogP contribution is -2.56. The van der Waals surface area contributed by atoms with Gasteiger partial charge in [0.05, 0.1) is 10.6 Å². The molecule has 7 nitrogen and oxygen atoms in total. The number of nitrogens with one attached hydrogen (secondary N) is 1. The van der Waals surface area contributed by atoms with Crippen LogP contribution in [0.15, 0.2) is 112 Å². The van der Waals surface area contributed by atoms with Crippen LogP contribution in [-0.2, 0) is 32.6 Å². The molecule has 0 unspecified atom stereocenters. The van der Waals surface area contributed by atoms with Crippen molar-refractivity contribution in [3.8, 4) is 0 Å². The number of halogens is 2. The Hall–Kier alpha value is -3.66. The zero-order chi connectivity index (χ0) is 32.8. The zero-order valence-corrected chi connectivity index (χ0v) is 28.9. The summed E-state index contributed by atoms with van der Waals surface area (Å²) in [6, 6.07) is 28.8. The number of hydrogen-bond acceptors (Lipinski definition) is 4. The van der Waals surface area contributed by atoms with Gasteiger partial charge in [0.1, 0.15) is 12.6 Å². The summed E-state index contributed by atoms with van der Waals surface area (Å²) in [6.07, 6.45) is 0.233. The minimum absolute atomic E-state index is 0.00828. The van der Waals surface area contributed by atoms with Crippen molar-refractivity contribution < 1.29 is 18.0 Å². The maximum absolute atomic E-state index is 14.5. The Morgan fingerprint density at radius 1 is 0.867 bits per heavy atom. The van der Waals surface area contributed by atoms with Crippen LogP contribution in [0.1, 0.15) is 37.5 Å². The molecule has 1 atom stereocenters. The molecule has 0 aliphatic carbocycles. The molecule has 0 aliphatic rings. The van der Waals surface area contributed by atoms with Crippen LogP contribution in [0.3, 0.4) is 0 Å². The molecule has 0 aliphatic heterocycles. The van der Waals surface area contributed by atoms with Crippen molar-refractivity contribution in [3.63, 3.8) is 0 Å². The van der Waals surface area contributed by atoms with Gasteiger partial charge in [0.2, 0.25) is 11.8 Å². The van der Waals surface area contributed by atoms with Gasteiger partial charge in [0, 0.05) is 28.0 Å². The first-order chi connectivity index (χ1) is 21.2. The van der Waals surface area contributed by atoms with Crippen LogP contribution in [0, 0.1) is 6.92 Å². The van der Waals surface area contributed by atoms with Crippen molar-refractivity contribution in [1.82, 2.24) is 10.2 Å². The third kappa shape index (κ3) is 9.42. The van der Waals surface area contributed by atoms with Gasteiger partial charge in [-0.15, -0.1) is 0 Å². The van der Waals surface area contributed by atoms with Gasteiger partial charge in [0.25, 0.3) is 10.0 Å². The molecule has 236 valence electrons. The van der Waals surface area contributed by atoms with E-state index in [9.17, 15) is 18.0 Å². The Morgan fingerprint density at radius 2 is 1.51 bits per heavy atom. The molecule has 0 heterocycles. The monoisotopic (exact) mass is 709 g/mol. The molecule has 4 aromatic carbocycles. The highest BCUT2D eigenvalue weighted by atomic mass is 79.9. The SMILES string of the molecule is Cc1cccc(N(CC(=O)N(Cc2cccc(Br)c2)[C@H](Cc2ccccc2)C(=O)NC(C)(C)C)S(=O)(=O)c2ccc(Cl)cc2)c1. The molecule has 4 rings (SSSR count). The second kappa shape index (κ2) is 14.6. The van der Waals surface area contributed by atoms with Crippen LogP contribution in [0.2, 0.25) is 5.02 Å². The van der Waals surface area contributed by atoms with Gasteiger partial charge >= 0.3 is 0 Å². The average molecular weight is 711 g/mol. The second-order valence-electron chi connectivity index (χ2n) is 11.9. The summed E-state index contributed by atoms with van der Waals surface area (Å²) in [5, 5.41) is 3.43. The number of hydrogen-bond donors (Lipinski definition) is 1. The number of carbonyl (C=O) groups is 2. The Morgan fingerprint density at radius 3 is 2.13 bits per heavy atom. The van der Waals surface area contributed by atoms with Crippen molar-refractivity contribution in [2.24, 2.45) is 0 Å². The predicted molar refractivity (Wildman–Crippen MR) is 184 cm³/mol. The van der Waals surface area contributed by atoms with E-state index in [-0.39, 0.29) is 23.8 Å². The first kappa shape index (κ1) is 34.2. The van der Waals surface area contributed by atoms with E-state index in [0.717, 1.165) is 25.5 Å². The molecule has 45 heavy (non-hydrogen) atoms. The van der Waals surface area contributed by atoms with Crippen molar-refractivity contribution in [1.29, 1.82) is 0 Å². The summed E-state index contributed by atoms with van der Waals surface area (Å²) < 4.78 is 30.2. The second-order valence-corrected chi connectivity index (χ2v) is 15.1. The highest BCUT2D eigenvalue weighted by Crippen LogP contribution is 2.27. The van der Waals surface area contributed by atoms with Crippen LogP contribution >= 0.6 is 27.5 Å². The van der Waals surface area contributed by atoms with Gasteiger partial charge in [-0.05, 0) is 92.9 Å². The molecule has 0 spiro atoms. The molecule has 1 N–H and O–H groups in total. The number of rotatable bonds is 11. The first-order valence-electron chi connectivity index (χ1n) is 14.5. The maximum Gasteiger partial charge on any atom is 0.264 e. The van der Waals surface area contributed by atoms with Crippen molar-refractivity contribution in [2.45, 2.75) is 57.1 Å². The number of anilines is 1. The average Bonchev–Trinajstić information content (AvgIpc) is 2.97. The van der Waals surface area contributed by atoms with Crippen LogP contribution in [0.25, 0.3) is 0 Å². The molecular weight excluding hydrogens is 674 g/mol. The lowest BCUT2D eigenvalue weighted by molar-refractivity contribution is -0.140. The number of amides is 2. The van der Waals surface area contributed by atoms with Crippen molar-refractivity contribution in [2.75, 3.05) is 10.8 Å². The summed E-state index contributed by atoms with van der Waals surface area (Å²) >= 11 is 9.56. The summed E-state index contributed by atoms with van der Waals surface area (Å²) in [5.41, 5.74) is 2.24. The van der Waals surface area contributed by atoms with Crippen LogP contribution < -0.4 is 9.62 Å². The Kier molecular flexibility index (Phi) is 11.1. The van der Waals surface area contributed by atoms with E-state index in [1.54, 1.807) is 18.2 Å². The molecule has 0 saturated heterocycles. The van der Waals surface area contributed by atoms with E-state index in [0.29, 0.717) is 10.7 Å². The van der Waals surface area contributed by atoms with E-state index in [4.69, 9.17) is 11.6 Å². The number of nitrogens with zero attached hydrogens (tertiary/aromatic N) is 2. The molecule has 2 amide bonds. The summed E-state index contributed by atoms with van der Waals surface area (Å²) in [5.74, 6) is -0.864. The van der Waals surface area contributed by atoms with Gasteiger partial charge in [-0.25, -0.2) is 8.42 Å². The van der Waals surface area contributed by atoms with Gasteiger partial charge in [0.15, 0.2) is 0 Å². The topological polar surface area (TPSA) is 86.8 Å². The fourth-order valence-corrected chi connectivity index (χ4v) is 6.86. The van der Waals surface area contributed by atoms with Crippen LogP contribution in [-0.4, -0.2) is 43.3 Å². The van der Waals surface area contributed by atoms with E-state index < -0.39 is 34.1 Å². The molecule has 0 saturated carbocycles. The first-order valence-corrected chi connectivity index (χ1v) is 17.1. The Balaban J connectivity index is 1.82. The Labute approximate surface area is 279 Å². The molecular formula is C35H37BrClN3O4S. The van der Waals surface area contributed by atoms with Crippen molar-refractivity contribution in [3.05, 3.63) is 129 Å². The minimum atomic E-state index is -4.21. The lowest BCUT2D eigenvalue weighted by Gasteiger charge is -2.35. The van der Waals surface area contributed by atoms with Crippen molar-refractivity contribution >= 4 is 55.1 Å². The van der Waals surface area contributed by atoms with Gasteiger partial charge in [-0.2, -0.15) is 0 Å². The molecule has 0 fully saturated rings. The van der Waals surface area contributed by atoms with E-state index in [1.165, 1.54) is 29.2 Å². The number of aryl methyl sites for hydroxylation is 1. The van der Waals surface area contributed by atoms with Gasteiger partial charge < -0.3 is 10.2 Å². The normalized spacial score (nSPS) is 12.3. The fraction of sp³-hybridized carbons (Fsp3) is 0.257. The van der Waals surface area contributed by atoms with E-state index in [2.05, 4.69) is 21.2 Å². The van der Waals surface area contributed by atoms with Crippen LogP contribution in [0.5, 0.6) is 0 Å². The molecule has 4 aromatic rings. The van der Waals surface area contributed by atoms with E-state index in [1.807, 2.05) is 88.4 Å². The molecule has 0 radical (unpaired) electrons. The van der Waals surface area contributed by atoms with Gasteiger partial charge in [-0.3, -0.25) is 13.9 Å². The maximum atomic E-state index is 14.5. The number of sulfonamides is 1. The Bertz CT molecular complexity index is 1740. The summed E-state index contributed by atoms with van der Waals surface area (Å²) in [7, 11) is -4.21. The van der Waals surface area contributed by atoms with Gasteiger partial charge in [-0.1, -0.05) is 82.1 Å². The highest BCUT2D eigenvalue weighted by molar-refractivity contribution is 9.10. The number of benzene rings is 4. The minimum Gasteiger partial charge on any atom is -0.350 e. The van der Waals surface area contributed by atoms with Crippen LogP contribution in [0.4, 0.5) is 5.69 Å². The third-order valence-electron chi connectivity index (χ3n) is 6.98. The van der Waals surface area contributed by atoms with E-state index >= 15 is 0 Å². The third-order valence-corrected chi connectivity index (χ3v) is 9.51. The number of carbonyl (C=O) groups excluding carboxylic acids is 2.